The van der Waals surface area contributed by atoms with Crippen molar-refractivity contribution in [2.24, 2.45) is 0 Å². The number of nitrogens with zero attached hydrogens (tertiary/aromatic N) is 1. The highest BCUT2D eigenvalue weighted by atomic mass is 19.4. The molecule has 8 heteroatoms. The fraction of sp³-hybridized carbons (Fsp3) is 0.800. The second-order valence-corrected chi connectivity index (χ2v) is 3.99. The van der Waals surface area contributed by atoms with Gasteiger partial charge in [0.05, 0.1) is 6.42 Å². The first-order valence-electron chi connectivity index (χ1n) is 5.49. The van der Waals surface area contributed by atoms with Crippen molar-refractivity contribution in [1.29, 1.82) is 0 Å². The third kappa shape index (κ3) is 7.75. The quantitative estimate of drug-likeness (QED) is 0.773. The molecule has 0 saturated heterocycles. The molecule has 2 amide bonds. The van der Waals surface area contributed by atoms with Crippen LogP contribution >= 0.6 is 0 Å². The molecule has 1 unspecified atom stereocenters. The number of nitrogens with one attached hydrogen (secondary N) is 1. The van der Waals surface area contributed by atoms with E-state index in [1.54, 1.807) is 6.92 Å². The van der Waals surface area contributed by atoms with Crippen LogP contribution in [0, 0.1) is 0 Å². The Bertz CT molecular complexity index is 295. The minimum Gasteiger partial charge on any atom is -0.480 e. The Hall–Kier alpha value is -1.47. The van der Waals surface area contributed by atoms with Crippen molar-refractivity contribution in [3.63, 3.8) is 0 Å². The maximum Gasteiger partial charge on any atom is 0.391 e. The monoisotopic (exact) mass is 270 g/mol. The van der Waals surface area contributed by atoms with Crippen LogP contribution in [0.5, 0.6) is 0 Å². The standard InChI is InChI=1S/C10H17F3N2O3/c1-3-4-15(6-8(16)17)9(18)14-7(2)5-10(11,12)13/h7H,3-6H2,1-2H3,(H,14,18)(H,16,17). The van der Waals surface area contributed by atoms with Gasteiger partial charge in [0.1, 0.15) is 6.54 Å². The molecule has 0 bridgehead atoms. The predicted molar refractivity (Wildman–Crippen MR) is 58.2 cm³/mol. The highest BCUT2D eigenvalue weighted by Gasteiger charge is 2.31. The van der Waals surface area contributed by atoms with E-state index in [9.17, 15) is 22.8 Å². The van der Waals surface area contributed by atoms with Crippen molar-refractivity contribution >= 4 is 12.0 Å². The molecule has 0 fully saturated rings. The van der Waals surface area contributed by atoms with E-state index in [0.29, 0.717) is 6.42 Å². The predicted octanol–water partition coefficient (Wildman–Crippen LogP) is 1.83. The number of alkyl halides is 3. The number of carbonyl (C=O) groups excluding carboxylic acids is 1. The first kappa shape index (κ1) is 16.5. The van der Waals surface area contributed by atoms with Gasteiger partial charge in [0.2, 0.25) is 0 Å². The number of amides is 2. The summed E-state index contributed by atoms with van der Waals surface area (Å²) in [5.41, 5.74) is 0. The first-order valence-corrected chi connectivity index (χ1v) is 5.49. The van der Waals surface area contributed by atoms with Crippen molar-refractivity contribution in [3.8, 4) is 0 Å². The molecule has 18 heavy (non-hydrogen) atoms. The second-order valence-electron chi connectivity index (χ2n) is 3.99. The Morgan fingerprint density at radius 2 is 1.94 bits per heavy atom. The van der Waals surface area contributed by atoms with Crippen molar-refractivity contribution in [3.05, 3.63) is 0 Å². The van der Waals surface area contributed by atoms with Crippen LogP contribution in [0.4, 0.5) is 18.0 Å². The van der Waals surface area contributed by atoms with E-state index in [2.05, 4.69) is 5.32 Å². The average Bonchev–Trinajstić information content (AvgIpc) is 2.12. The van der Waals surface area contributed by atoms with Gasteiger partial charge in [-0.3, -0.25) is 4.79 Å². The smallest absolute Gasteiger partial charge is 0.391 e. The average molecular weight is 270 g/mol. The molecular weight excluding hydrogens is 253 g/mol. The minimum atomic E-state index is -4.37. The maximum atomic E-state index is 12.1. The Morgan fingerprint density at radius 3 is 2.33 bits per heavy atom. The zero-order chi connectivity index (χ0) is 14.3. The molecule has 0 aromatic rings. The fourth-order valence-electron chi connectivity index (χ4n) is 1.39. The second kappa shape index (κ2) is 7.07. The maximum absolute atomic E-state index is 12.1. The van der Waals surface area contributed by atoms with Gasteiger partial charge in [0.25, 0.3) is 0 Å². The van der Waals surface area contributed by atoms with Crippen LogP contribution in [-0.2, 0) is 4.79 Å². The summed E-state index contributed by atoms with van der Waals surface area (Å²) >= 11 is 0. The molecule has 0 heterocycles. The Balaban J connectivity index is 4.36. The van der Waals surface area contributed by atoms with Gasteiger partial charge in [-0.1, -0.05) is 6.92 Å². The molecule has 0 aliphatic rings. The summed E-state index contributed by atoms with van der Waals surface area (Å²) < 4.78 is 36.2. The zero-order valence-electron chi connectivity index (χ0n) is 10.3. The van der Waals surface area contributed by atoms with Crippen LogP contribution in [-0.4, -0.2) is 47.3 Å². The Kier molecular flexibility index (Phi) is 6.50. The van der Waals surface area contributed by atoms with Crippen molar-refractivity contribution in [2.75, 3.05) is 13.1 Å². The minimum absolute atomic E-state index is 0.177. The topological polar surface area (TPSA) is 69.6 Å². The fourth-order valence-corrected chi connectivity index (χ4v) is 1.39. The Morgan fingerprint density at radius 1 is 1.39 bits per heavy atom. The van der Waals surface area contributed by atoms with Crippen LogP contribution in [0.3, 0.4) is 0 Å². The van der Waals surface area contributed by atoms with Crippen LogP contribution in [0.15, 0.2) is 0 Å². The summed E-state index contributed by atoms with van der Waals surface area (Å²) in [5, 5.41) is 10.7. The van der Waals surface area contributed by atoms with Gasteiger partial charge in [0.15, 0.2) is 0 Å². The van der Waals surface area contributed by atoms with Crippen molar-refractivity contribution in [2.45, 2.75) is 38.9 Å². The number of halogens is 3. The molecule has 0 saturated carbocycles. The van der Waals surface area contributed by atoms with Gasteiger partial charge in [0, 0.05) is 12.6 Å². The van der Waals surface area contributed by atoms with E-state index in [1.807, 2.05) is 0 Å². The Labute approximate surface area is 103 Å². The SMILES string of the molecule is CCCN(CC(=O)O)C(=O)NC(C)CC(F)(F)F. The number of aliphatic carboxylic acids is 1. The molecular formula is C10H17F3N2O3. The molecule has 0 aromatic carbocycles. The summed E-state index contributed by atoms with van der Waals surface area (Å²) in [6.07, 6.45) is -4.99. The van der Waals surface area contributed by atoms with Gasteiger partial charge in [-0.25, -0.2) is 4.79 Å². The van der Waals surface area contributed by atoms with Gasteiger partial charge < -0.3 is 15.3 Å². The van der Waals surface area contributed by atoms with E-state index in [4.69, 9.17) is 5.11 Å². The largest absolute Gasteiger partial charge is 0.480 e. The molecule has 0 aromatic heterocycles. The van der Waals surface area contributed by atoms with Crippen LogP contribution in [0.2, 0.25) is 0 Å². The lowest BCUT2D eigenvalue weighted by atomic mass is 10.2. The third-order valence-corrected chi connectivity index (χ3v) is 2.01. The number of rotatable bonds is 6. The van der Waals surface area contributed by atoms with Crippen molar-refractivity contribution in [1.82, 2.24) is 10.2 Å². The summed E-state index contributed by atoms with van der Waals surface area (Å²) in [6.45, 7) is 2.60. The van der Waals surface area contributed by atoms with E-state index in [0.717, 1.165) is 4.90 Å². The lowest BCUT2D eigenvalue weighted by Crippen LogP contribution is -2.47. The lowest BCUT2D eigenvalue weighted by Gasteiger charge is -2.23. The summed E-state index contributed by atoms with van der Waals surface area (Å²) in [6, 6.07) is -1.89. The van der Waals surface area contributed by atoms with Crippen LogP contribution in [0.1, 0.15) is 26.7 Å². The molecule has 0 spiro atoms. The highest BCUT2D eigenvalue weighted by molar-refractivity contribution is 5.80. The number of urea groups is 1. The van der Waals surface area contributed by atoms with E-state index < -0.39 is 37.2 Å². The number of hydrogen-bond acceptors (Lipinski definition) is 2. The summed E-state index contributed by atoms with van der Waals surface area (Å²) in [5.74, 6) is -1.21. The van der Waals surface area contributed by atoms with Gasteiger partial charge in [-0.15, -0.1) is 0 Å². The van der Waals surface area contributed by atoms with Crippen LogP contribution < -0.4 is 5.32 Å². The molecule has 0 aliphatic carbocycles. The molecule has 5 nitrogen and oxygen atoms in total. The summed E-state index contributed by atoms with van der Waals surface area (Å²) in [7, 11) is 0. The van der Waals surface area contributed by atoms with Gasteiger partial charge in [-0.2, -0.15) is 13.2 Å². The molecule has 0 aliphatic heterocycles. The van der Waals surface area contributed by atoms with E-state index in [1.165, 1.54) is 6.92 Å². The number of carbonyl (C=O) groups is 2. The summed E-state index contributed by atoms with van der Waals surface area (Å²) in [4.78, 5) is 23.0. The normalized spacial score (nSPS) is 12.9. The molecule has 2 N–H and O–H groups in total. The first-order chi connectivity index (χ1) is 8.15. The highest BCUT2D eigenvalue weighted by Crippen LogP contribution is 2.21. The van der Waals surface area contributed by atoms with Crippen molar-refractivity contribution < 1.29 is 27.9 Å². The van der Waals surface area contributed by atoms with Gasteiger partial charge in [-0.05, 0) is 13.3 Å². The van der Waals surface area contributed by atoms with E-state index in [-0.39, 0.29) is 6.54 Å². The van der Waals surface area contributed by atoms with Gasteiger partial charge >= 0.3 is 18.2 Å². The number of hydrogen-bond donors (Lipinski definition) is 2. The van der Waals surface area contributed by atoms with E-state index >= 15 is 0 Å². The zero-order valence-corrected chi connectivity index (χ0v) is 10.3. The van der Waals surface area contributed by atoms with Crippen LogP contribution in [0.25, 0.3) is 0 Å². The molecule has 106 valence electrons. The lowest BCUT2D eigenvalue weighted by molar-refractivity contribution is -0.140. The third-order valence-electron chi connectivity index (χ3n) is 2.01. The number of carboxylic acids is 1. The molecule has 0 rings (SSSR count). The molecule has 1 atom stereocenters. The number of carboxylic acid groups (broad SMARTS) is 1. The molecule has 0 radical (unpaired) electrons.